The van der Waals surface area contributed by atoms with Gasteiger partial charge in [0.25, 0.3) is 0 Å². The zero-order chi connectivity index (χ0) is 21.9. The molecule has 30 heavy (non-hydrogen) atoms. The van der Waals surface area contributed by atoms with Crippen molar-refractivity contribution in [1.82, 2.24) is 5.01 Å². The minimum atomic E-state index is -3.35. The van der Waals surface area contributed by atoms with Crippen molar-refractivity contribution >= 4 is 27.3 Å². The van der Waals surface area contributed by atoms with Crippen molar-refractivity contribution in [2.45, 2.75) is 25.8 Å². The van der Waals surface area contributed by atoms with Crippen LogP contribution in [0.1, 0.15) is 36.9 Å². The molecular formula is C21H25N3O5S. The van der Waals surface area contributed by atoms with E-state index < -0.39 is 10.0 Å². The number of ether oxygens (including phenoxy) is 2. The number of hydrazone groups is 1. The maximum atomic E-state index is 12.6. The summed E-state index contributed by atoms with van der Waals surface area (Å²) in [5.41, 5.74) is 2.75. The van der Waals surface area contributed by atoms with Crippen molar-refractivity contribution in [1.29, 1.82) is 0 Å². The van der Waals surface area contributed by atoms with Crippen molar-refractivity contribution in [2.75, 3.05) is 25.2 Å². The zero-order valence-electron chi connectivity index (χ0n) is 17.4. The molecule has 9 heteroatoms. The number of benzene rings is 2. The van der Waals surface area contributed by atoms with Crippen LogP contribution in [0.5, 0.6) is 11.5 Å². The molecule has 0 aromatic heterocycles. The molecule has 0 saturated carbocycles. The Labute approximate surface area is 176 Å². The van der Waals surface area contributed by atoms with Gasteiger partial charge in [-0.1, -0.05) is 25.1 Å². The van der Waals surface area contributed by atoms with Crippen LogP contribution in [0.3, 0.4) is 0 Å². The van der Waals surface area contributed by atoms with Gasteiger partial charge in [0.05, 0.1) is 37.8 Å². The van der Waals surface area contributed by atoms with Crippen LogP contribution in [0.15, 0.2) is 47.6 Å². The molecule has 0 aliphatic carbocycles. The number of sulfonamides is 1. The molecule has 0 fully saturated rings. The Bertz CT molecular complexity index is 1040. The molecule has 1 aliphatic heterocycles. The molecule has 0 spiro atoms. The average molecular weight is 432 g/mol. The van der Waals surface area contributed by atoms with E-state index in [0.29, 0.717) is 30.0 Å². The average Bonchev–Trinajstić information content (AvgIpc) is 3.16. The van der Waals surface area contributed by atoms with E-state index in [-0.39, 0.29) is 11.9 Å². The van der Waals surface area contributed by atoms with Gasteiger partial charge in [-0.15, -0.1) is 0 Å². The normalized spacial score (nSPS) is 16.2. The number of carbonyl (C=O) groups excluding carboxylic acids is 1. The second kappa shape index (κ2) is 8.74. The fourth-order valence-electron chi connectivity index (χ4n) is 3.45. The minimum absolute atomic E-state index is 0.113. The summed E-state index contributed by atoms with van der Waals surface area (Å²) in [6, 6.07) is 12.0. The standard InChI is InChI=1S/C21H25N3O5S/c1-5-20(25)24-17(21-18(28-2)7-6-8-19(21)29-3)13-16(22-24)14-9-11-15(12-10-14)23-30(4,26)27/h6-12,17,23H,5,13H2,1-4H3/t17-/m1/s1. The van der Waals surface area contributed by atoms with Gasteiger partial charge < -0.3 is 9.47 Å². The molecule has 1 atom stereocenters. The molecule has 0 radical (unpaired) electrons. The molecule has 0 unspecified atom stereocenters. The number of rotatable bonds is 7. The number of nitrogens with one attached hydrogen (secondary N) is 1. The molecule has 160 valence electrons. The van der Waals surface area contributed by atoms with E-state index in [1.54, 1.807) is 45.4 Å². The third-order valence-corrected chi connectivity index (χ3v) is 5.40. The van der Waals surface area contributed by atoms with Crippen LogP contribution in [-0.4, -0.2) is 45.5 Å². The molecule has 8 nitrogen and oxygen atoms in total. The van der Waals surface area contributed by atoms with Crippen LogP contribution >= 0.6 is 0 Å². The van der Waals surface area contributed by atoms with Crippen LogP contribution < -0.4 is 14.2 Å². The highest BCUT2D eigenvalue weighted by Gasteiger charge is 2.36. The van der Waals surface area contributed by atoms with Crippen LogP contribution in [0.2, 0.25) is 0 Å². The van der Waals surface area contributed by atoms with Gasteiger partial charge in [0.15, 0.2) is 0 Å². The highest BCUT2D eigenvalue weighted by atomic mass is 32.2. The summed E-state index contributed by atoms with van der Waals surface area (Å²) in [6.45, 7) is 1.79. The van der Waals surface area contributed by atoms with Gasteiger partial charge in [-0.3, -0.25) is 9.52 Å². The molecular weight excluding hydrogens is 406 g/mol. The topological polar surface area (TPSA) is 97.3 Å². The number of hydrogen-bond acceptors (Lipinski definition) is 6. The Hall–Kier alpha value is -3.07. The predicted octanol–water partition coefficient (Wildman–Crippen LogP) is 3.16. The Morgan fingerprint density at radius 2 is 1.73 bits per heavy atom. The zero-order valence-corrected chi connectivity index (χ0v) is 18.2. The highest BCUT2D eigenvalue weighted by molar-refractivity contribution is 7.92. The predicted molar refractivity (Wildman–Crippen MR) is 115 cm³/mol. The summed E-state index contributed by atoms with van der Waals surface area (Å²) in [4.78, 5) is 12.6. The summed E-state index contributed by atoms with van der Waals surface area (Å²) in [5, 5.41) is 6.08. The fourth-order valence-corrected chi connectivity index (χ4v) is 4.02. The summed E-state index contributed by atoms with van der Waals surface area (Å²) >= 11 is 0. The number of amides is 1. The van der Waals surface area contributed by atoms with E-state index in [1.807, 2.05) is 18.2 Å². The van der Waals surface area contributed by atoms with Crippen LogP contribution in [0.4, 0.5) is 5.69 Å². The molecule has 1 amide bonds. The number of anilines is 1. The largest absolute Gasteiger partial charge is 0.496 e. The second-order valence-electron chi connectivity index (χ2n) is 6.89. The maximum absolute atomic E-state index is 12.6. The molecule has 1 aliphatic rings. The maximum Gasteiger partial charge on any atom is 0.242 e. The molecule has 2 aromatic rings. The smallest absolute Gasteiger partial charge is 0.242 e. The second-order valence-corrected chi connectivity index (χ2v) is 8.63. The van der Waals surface area contributed by atoms with Crippen LogP contribution in [-0.2, 0) is 14.8 Å². The van der Waals surface area contributed by atoms with Crippen molar-refractivity contribution in [2.24, 2.45) is 5.10 Å². The molecule has 0 saturated heterocycles. The molecule has 1 heterocycles. The SMILES string of the molecule is CCC(=O)N1N=C(c2ccc(NS(C)(=O)=O)cc2)C[C@@H]1c1c(OC)cccc1OC. The number of hydrogen-bond donors (Lipinski definition) is 1. The van der Waals surface area contributed by atoms with Gasteiger partial charge >= 0.3 is 0 Å². The van der Waals surface area contributed by atoms with Gasteiger partial charge in [-0.2, -0.15) is 5.10 Å². The Balaban J connectivity index is 1.98. The molecule has 2 aromatic carbocycles. The van der Waals surface area contributed by atoms with Crippen molar-refractivity contribution in [3.8, 4) is 11.5 Å². The van der Waals surface area contributed by atoms with E-state index >= 15 is 0 Å². The first-order valence-electron chi connectivity index (χ1n) is 9.46. The van der Waals surface area contributed by atoms with Gasteiger partial charge in [0, 0.05) is 18.5 Å². The third kappa shape index (κ3) is 4.56. The molecule has 1 N–H and O–H groups in total. The Kier molecular flexibility index (Phi) is 6.31. The van der Waals surface area contributed by atoms with E-state index in [4.69, 9.17) is 9.47 Å². The minimum Gasteiger partial charge on any atom is -0.496 e. The van der Waals surface area contributed by atoms with Crippen molar-refractivity contribution < 1.29 is 22.7 Å². The number of nitrogens with zero attached hydrogens (tertiary/aromatic N) is 2. The fraction of sp³-hybridized carbons (Fsp3) is 0.333. The van der Waals surface area contributed by atoms with E-state index in [1.165, 1.54) is 5.01 Å². The van der Waals surface area contributed by atoms with Gasteiger partial charge in [-0.05, 0) is 29.8 Å². The lowest BCUT2D eigenvalue weighted by atomic mass is 9.96. The van der Waals surface area contributed by atoms with Crippen molar-refractivity contribution in [3.63, 3.8) is 0 Å². The van der Waals surface area contributed by atoms with E-state index in [0.717, 1.165) is 23.1 Å². The number of carbonyl (C=O) groups is 1. The monoisotopic (exact) mass is 431 g/mol. The first-order chi connectivity index (χ1) is 14.3. The van der Waals surface area contributed by atoms with Gasteiger partial charge in [-0.25, -0.2) is 13.4 Å². The lowest BCUT2D eigenvalue weighted by molar-refractivity contribution is -0.132. The summed E-state index contributed by atoms with van der Waals surface area (Å²) in [7, 11) is -0.198. The lowest BCUT2D eigenvalue weighted by Crippen LogP contribution is -2.26. The quantitative estimate of drug-likeness (QED) is 0.726. The van der Waals surface area contributed by atoms with E-state index in [9.17, 15) is 13.2 Å². The third-order valence-electron chi connectivity index (χ3n) is 4.79. The summed E-state index contributed by atoms with van der Waals surface area (Å²) in [6.07, 6.45) is 1.88. The van der Waals surface area contributed by atoms with Gasteiger partial charge in [0.1, 0.15) is 11.5 Å². The van der Waals surface area contributed by atoms with E-state index in [2.05, 4.69) is 9.82 Å². The summed E-state index contributed by atoms with van der Waals surface area (Å²) < 4.78 is 36.3. The molecule has 3 rings (SSSR count). The first kappa shape index (κ1) is 21.6. The summed E-state index contributed by atoms with van der Waals surface area (Å²) in [5.74, 6) is 1.13. The lowest BCUT2D eigenvalue weighted by Gasteiger charge is -2.25. The number of methoxy groups -OCH3 is 2. The van der Waals surface area contributed by atoms with Crippen LogP contribution in [0, 0.1) is 0 Å². The highest BCUT2D eigenvalue weighted by Crippen LogP contribution is 2.42. The first-order valence-corrected chi connectivity index (χ1v) is 11.3. The van der Waals surface area contributed by atoms with Crippen molar-refractivity contribution in [3.05, 3.63) is 53.6 Å². The van der Waals surface area contributed by atoms with Crippen LogP contribution in [0.25, 0.3) is 0 Å². The van der Waals surface area contributed by atoms with Gasteiger partial charge in [0.2, 0.25) is 15.9 Å². The Morgan fingerprint density at radius 3 is 2.23 bits per heavy atom. The Morgan fingerprint density at radius 1 is 1.13 bits per heavy atom. The molecule has 0 bridgehead atoms.